The van der Waals surface area contributed by atoms with Crippen LogP contribution in [0.1, 0.15) is 5.56 Å². The van der Waals surface area contributed by atoms with E-state index in [1.54, 1.807) is 11.9 Å². The van der Waals surface area contributed by atoms with Crippen LogP contribution in [0.5, 0.6) is 5.75 Å². The Kier molecular flexibility index (Phi) is 4.65. The second kappa shape index (κ2) is 7.04. The molecule has 2 N–H and O–H groups in total. The van der Waals surface area contributed by atoms with Crippen LogP contribution in [0.3, 0.4) is 0 Å². The molecule has 0 saturated carbocycles. The van der Waals surface area contributed by atoms with Gasteiger partial charge in [-0.25, -0.2) is 4.79 Å². The zero-order valence-electron chi connectivity index (χ0n) is 13.4. The summed E-state index contributed by atoms with van der Waals surface area (Å²) in [7, 11) is 1.74. The van der Waals surface area contributed by atoms with Gasteiger partial charge in [-0.1, -0.05) is 24.3 Å². The Hall–Kier alpha value is -3.02. The third-order valence-corrected chi connectivity index (χ3v) is 3.84. The van der Waals surface area contributed by atoms with E-state index in [4.69, 9.17) is 4.74 Å². The van der Waals surface area contributed by atoms with Crippen LogP contribution in [0.2, 0.25) is 0 Å². The van der Waals surface area contributed by atoms with E-state index < -0.39 is 0 Å². The standard InChI is InChI=1S/C18H19N3O3/c1-21-15-11-13(7-8-16(15)24-12-17(21)22)9-10-19-18(23)20-14-5-3-2-4-6-14/h2-8,11H,9-10,12H2,1H3,(H2,19,20,23). The van der Waals surface area contributed by atoms with Crippen molar-refractivity contribution in [3.05, 3.63) is 54.1 Å². The predicted octanol–water partition coefficient (Wildman–Crippen LogP) is 2.41. The number of para-hydroxylation sites is 1. The van der Waals surface area contributed by atoms with Crippen LogP contribution < -0.4 is 20.3 Å². The lowest BCUT2D eigenvalue weighted by Gasteiger charge is -2.26. The van der Waals surface area contributed by atoms with E-state index in [9.17, 15) is 9.59 Å². The zero-order chi connectivity index (χ0) is 16.9. The third kappa shape index (κ3) is 3.65. The summed E-state index contributed by atoms with van der Waals surface area (Å²) in [5.41, 5.74) is 2.54. The first-order valence-electron chi connectivity index (χ1n) is 7.75. The summed E-state index contributed by atoms with van der Waals surface area (Å²) >= 11 is 0. The maximum atomic E-state index is 11.8. The molecule has 3 rings (SSSR count). The summed E-state index contributed by atoms with van der Waals surface area (Å²) in [6.07, 6.45) is 0.664. The number of benzene rings is 2. The minimum atomic E-state index is -0.241. The summed E-state index contributed by atoms with van der Waals surface area (Å²) in [6.45, 7) is 0.569. The molecule has 1 aliphatic rings. The van der Waals surface area contributed by atoms with Crippen molar-refractivity contribution in [2.24, 2.45) is 0 Å². The molecule has 1 heterocycles. The molecule has 0 aromatic heterocycles. The van der Waals surface area contributed by atoms with Gasteiger partial charge in [-0.15, -0.1) is 0 Å². The lowest BCUT2D eigenvalue weighted by Crippen LogP contribution is -2.35. The maximum Gasteiger partial charge on any atom is 0.319 e. The number of hydrogen-bond acceptors (Lipinski definition) is 3. The van der Waals surface area contributed by atoms with Gasteiger partial charge < -0.3 is 20.3 Å². The molecule has 0 unspecified atom stereocenters. The van der Waals surface area contributed by atoms with Crippen molar-refractivity contribution in [1.82, 2.24) is 5.32 Å². The van der Waals surface area contributed by atoms with Crippen molar-refractivity contribution >= 4 is 23.3 Å². The highest BCUT2D eigenvalue weighted by Crippen LogP contribution is 2.31. The van der Waals surface area contributed by atoms with Gasteiger partial charge in [-0.2, -0.15) is 0 Å². The number of carbonyl (C=O) groups is 2. The van der Waals surface area contributed by atoms with E-state index in [0.717, 1.165) is 16.9 Å². The summed E-state index contributed by atoms with van der Waals surface area (Å²) in [5, 5.41) is 5.59. The lowest BCUT2D eigenvalue weighted by molar-refractivity contribution is -0.120. The molecule has 0 radical (unpaired) electrons. The number of rotatable bonds is 4. The Morgan fingerprint density at radius 1 is 1.21 bits per heavy atom. The highest BCUT2D eigenvalue weighted by atomic mass is 16.5. The number of likely N-dealkylation sites (N-methyl/N-ethyl adjacent to an activating group) is 1. The van der Waals surface area contributed by atoms with Crippen LogP contribution in [0.25, 0.3) is 0 Å². The first kappa shape index (κ1) is 15.9. The number of nitrogens with one attached hydrogen (secondary N) is 2. The average molecular weight is 325 g/mol. The number of carbonyl (C=O) groups excluding carboxylic acids is 2. The van der Waals surface area contributed by atoms with Crippen molar-refractivity contribution in [3.8, 4) is 5.75 Å². The quantitative estimate of drug-likeness (QED) is 0.907. The first-order chi connectivity index (χ1) is 11.6. The fourth-order valence-corrected chi connectivity index (χ4v) is 2.49. The molecule has 6 nitrogen and oxygen atoms in total. The van der Waals surface area contributed by atoms with Gasteiger partial charge in [0.05, 0.1) is 5.69 Å². The molecule has 2 aromatic carbocycles. The molecule has 0 bridgehead atoms. The number of anilines is 2. The molecule has 0 fully saturated rings. The van der Waals surface area contributed by atoms with Crippen LogP contribution in [0, 0.1) is 0 Å². The highest BCUT2D eigenvalue weighted by molar-refractivity contribution is 5.97. The van der Waals surface area contributed by atoms with E-state index in [-0.39, 0.29) is 18.5 Å². The van der Waals surface area contributed by atoms with Crippen molar-refractivity contribution in [3.63, 3.8) is 0 Å². The van der Waals surface area contributed by atoms with Gasteiger partial charge in [0.2, 0.25) is 0 Å². The normalized spacial score (nSPS) is 13.0. The molecule has 24 heavy (non-hydrogen) atoms. The van der Waals surface area contributed by atoms with Crippen molar-refractivity contribution in [2.75, 3.05) is 30.4 Å². The first-order valence-corrected chi connectivity index (χ1v) is 7.75. The molecule has 3 amide bonds. The van der Waals surface area contributed by atoms with Gasteiger partial charge in [-0.3, -0.25) is 4.79 Å². The molecular weight excluding hydrogens is 306 g/mol. The summed E-state index contributed by atoms with van der Waals surface area (Å²) in [4.78, 5) is 25.1. The fraction of sp³-hybridized carbons (Fsp3) is 0.222. The molecule has 1 aliphatic heterocycles. The van der Waals surface area contributed by atoms with Gasteiger partial charge in [0.1, 0.15) is 5.75 Å². The Bertz CT molecular complexity index is 746. The summed E-state index contributed by atoms with van der Waals surface area (Å²) < 4.78 is 5.40. The molecule has 0 spiro atoms. The number of fused-ring (bicyclic) bond motifs is 1. The lowest BCUT2D eigenvalue weighted by atomic mass is 10.1. The van der Waals surface area contributed by atoms with E-state index in [1.807, 2.05) is 48.5 Å². The topological polar surface area (TPSA) is 70.7 Å². The van der Waals surface area contributed by atoms with E-state index in [1.165, 1.54) is 0 Å². The fourth-order valence-electron chi connectivity index (χ4n) is 2.49. The minimum absolute atomic E-state index is 0.0694. The van der Waals surface area contributed by atoms with E-state index in [0.29, 0.717) is 18.7 Å². The van der Waals surface area contributed by atoms with Crippen molar-refractivity contribution in [1.29, 1.82) is 0 Å². The number of nitrogens with zero attached hydrogens (tertiary/aromatic N) is 1. The molecule has 124 valence electrons. The van der Waals surface area contributed by atoms with Gasteiger partial charge in [0, 0.05) is 19.3 Å². The predicted molar refractivity (Wildman–Crippen MR) is 92.5 cm³/mol. The third-order valence-electron chi connectivity index (χ3n) is 3.84. The van der Waals surface area contributed by atoms with Gasteiger partial charge in [0.15, 0.2) is 6.61 Å². The summed E-state index contributed by atoms with van der Waals surface area (Å²) in [6, 6.07) is 14.8. The SMILES string of the molecule is CN1C(=O)COc2ccc(CCNC(=O)Nc3ccccc3)cc21. The highest BCUT2D eigenvalue weighted by Gasteiger charge is 2.22. The maximum absolute atomic E-state index is 11.8. The summed E-state index contributed by atoms with van der Waals surface area (Å²) in [5.74, 6) is 0.635. The van der Waals surface area contributed by atoms with Crippen LogP contribution in [0.15, 0.2) is 48.5 Å². The van der Waals surface area contributed by atoms with Gasteiger partial charge in [-0.05, 0) is 36.2 Å². The van der Waals surface area contributed by atoms with Crippen LogP contribution in [-0.4, -0.2) is 32.1 Å². The smallest absolute Gasteiger partial charge is 0.319 e. The molecule has 2 aromatic rings. The van der Waals surface area contributed by atoms with Crippen LogP contribution in [-0.2, 0) is 11.2 Å². The largest absolute Gasteiger partial charge is 0.482 e. The number of ether oxygens (including phenoxy) is 1. The average Bonchev–Trinajstić information content (AvgIpc) is 2.59. The van der Waals surface area contributed by atoms with Gasteiger partial charge >= 0.3 is 6.03 Å². The molecule has 0 saturated heterocycles. The molecular formula is C18H19N3O3. The Balaban J connectivity index is 1.54. The van der Waals surface area contributed by atoms with E-state index >= 15 is 0 Å². The van der Waals surface area contributed by atoms with Crippen molar-refractivity contribution in [2.45, 2.75) is 6.42 Å². The molecule has 0 atom stereocenters. The van der Waals surface area contributed by atoms with Crippen molar-refractivity contribution < 1.29 is 14.3 Å². The monoisotopic (exact) mass is 325 g/mol. The number of amides is 3. The Morgan fingerprint density at radius 3 is 2.79 bits per heavy atom. The minimum Gasteiger partial charge on any atom is -0.482 e. The van der Waals surface area contributed by atoms with Crippen LogP contribution >= 0.6 is 0 Å². The molecule has 0 aliphatic carbocycles. The van der Waals surface area contributed by atoms with Gasteiger partial charge in [0.25, 0.3) is 5.91 Å². The number of urea groups is 1. The molecule has 6 heteroatoms. The Morgan fingerprint density at radius 2 is 2.00 bits per heavy atom. The Labute approximate surface area is 140 Å². The van der Waals surface area contributed by atoms with E-state index in [2.05, 4.69) is 10.6 Å². The number of hydrogen-bond donors (Lipinski definition) is 2. The van der Waals surface area contributed by atoms with Crippen LogP contribution in [0.4, 0.5) is 16.2 Å². The second-order valence-corrected chi connectivity index (χ2v) is 5.54. The second-order valence-electron chi connectivity index (χ2n) is 5.54. The zero-order valence-corrected chi connectivity index (χ0v) is 13.4.